The number of hydrogen-bond donors (Lipinski definition) is 1. The Morgan fingerprint density at radius 1 is 1.57 bits per heavy atom. The second-order valence-corrected chi connectivity index (χ2v) is 4.60. The predicted octanol–water partition coefficient (Wildman–Crippen LogP) is 1.36. The Morgan fingerprint density at radius 3 is 2.57 bits per heavy atom. The average molecular weight is 195 g/mol. The molecule has 3 heteroatoms. The lowest BCUT2D eigenvalue weighted by atomic mass is 10.00. The summed E-state index contributed by atoms with van der Waals surface area (Å²) in [6, 6.07) is 3.53. The molecule has 80 valence electrons. The Labute approximate surface area is 87.1 Å². The third-order valence-electron chi connectivity index (χ3n) is 3.57. The molecule has 1 aliphatic rings. The largest absolute Gasteiger partial charge is 0.302 e. The number of nitrogens with zero attached hydrogens (tertiary/aromatic N) is 2. The fourth-order valence-corrected chi connectivity index (χ4v) is 2.17. The molecule has 0 aromatic carbocycles. The van der Waals surface area contributed by atoms with E-state index in [2.05, 4.69) is 37.2 Å². The minimum atomic E-state index is -0.270. The maximum Gasteiger partial charge on any atom is 0.108 e. The number of hydrogen-bond acceptors (Lipinski definition) is 3. The summed E-state index contributed by atoms with van der Waals surface area (Å²) in [5.74, 6) is 0. The molecule has 0 radical (unpaired) electrons. The Morgan fingerprint density at radius 2 is 2.21 bits per heavy atom. The van der Waals surface area contributed by atoms with Crippen LogP contribution in [0.4, 0.5) is 0 Å². The van der Waals surface area contributed by atoms with Gasteiger partial charge in [0.15, 0.2) is 0 Å². The third-order valence-corrected chi connectivity index (χ3v) is 3.57. The molecule has 0 amide bonds. The Bertz CT molecular complexity index is 231. The molecule has 1 fully saturated rings. The summed E-state index contributed by atoms with van der Waals surface area (Å²) in [5.41, 5.74) is -0.270. The lowest BCUT2D eigenvalue weighted by Crippen LogP contribution is -2.42. The molecule has 1 N–H and O–H groups in total. The second kappa shape index (κ2) is 4.29. The Balaban J connectivity index is 2.61. The summed E-state index contributed by atoms with van der Waals surface area (Å²) in [4.78, 5) is 2.37. The number of rotatable bonds is 3. The zero-order valence-electron chi connectivity index (χ0n) is 9.67. The van der Waals surface area contributed by atoms with Crippen molar-refractivity contribution in [3.63, 3.8) is 0 Å². The van der Waals surface area contributed by atoms with Gasteiger partial charge >= 0.3 is 0 Å². The third kappa shape index (κ3) is 2.08. The van der Waals surface area contributed by atoms with Crippen LogP contribution in [0.5, 0.6) is 0 Å². The van der Waals surface area contributed by atoms with Crippen LogP contribution in [-0.4, -0.2) is 36.6 Å². The highest BCUT2D eigenvalue weighted by Crippen LogP contribution is 2.32. The molecular formula is C11H21N3. The second-order valence-electron chi connectivity index (χ2n) is 4.60. The van der Waals surface area contributed by atoms with Crippen molar-refractivity contribution in [1.29, 1.82) is 5.26 Å². The summed E-state index contributed by atoms with van der Waals surface area (Å²) in [6.45, 7) is 4.40. The van der Waals surface area contributed by atoms with Gasteiger partial charge < -0.3 is 10.2 Å². The van der Waals surface area contributed by atoms with Crippen molar-refractivity contribution in [3.8, 4) is 6.07 Å². The van der Waals surface area contributed by atoms with Gasteiger partial charge in [0.25, 0.3) is 0 Å². The molecule has 1 aliphatic carbocycles. The van der Waals surface area contributed by atoms with E-state index in [1.54, 1.807) is 0 Å². The maximum absolute atomic E-state index is 9.12. The van der Waals surface area contributed by atoms with E-state index in [-0.39, 0.29) is 5.54 Å². The van der Waals surface area contributed by atoms with Gasteiger partial charge in [0.05, 0.1) is 6.07 Å². The predicted molar refractivity (Wildman–Crippen MR) is 57.9 cm³/mol. The van der Waals surface area contributed by atoms with Crippen LogP contribution in [-0.2, 0) is 0 Å². The summed E-state index contributed by atoms with van der Waals surface area (Å²) >= 11 is 0. The smallest absolute Gasteiger partial charge is 0.108 e. The normalized spacial score (nSPS) is 32.5. The van der Waals surface area contributed by atoms with Gasteiger partial charge in [-0.3, -0.25) is 0 Å². The summed E-state index contributed by atoms with van der Waals surface area (Å²) in [6.07, 6.45) is 3.06. The van der Waals surface area contributed by atoms with Crippen molar-refractivity contribution in [2.75, 3.05) is 14.1 Å². The molecule has 0 spiro atoms. The first kappa shape index (κ1) is 11.5. The molecule has 3 nitrogen and oxygen atoms in total. The molecule has 14 heavy (non-hydrogen) atoms. The van der Waals surface area contributed by atoms with Gasteiger partial charge in [-0.2, -0.15) is 5.26 Å². The van der Waals surface area contributed by atoms with Crippen molar-refractivity contribution < 1.29 is 0 Å². The molecule has 0 heterocycles. The van der Waals surface area contributed by atoms with E-state index in [4.69, 9.17) is 5.26 Å². The van der Waals surface area contributed by atoms with Gasteiger partial charge in [-0.25, -0.2) is 0 Å². The highest BCUT2D eigenvalue weighted by Gasteiger charge is 2.39. The van der Waals surface area contributed by atoms with Crippen LogP contribution in [0.3, 0.4) is 0 Å². The van der Waals surface area contributed by atoms with Crippen molar-refractivity contribution in [2.24, 2.45) is 0 Å². The molecule has 0 aromatic heterocycles. The van der Waals surface area contributed by atoms with E-state index in [9.17, 15) is 0 Å². The molecule has 2 unspecified atom stereocenters. The average Bonchev–Trinajstić information content (AvgIpc) is 2.61. The monoisotopic (exact) mass is 195 g/mol. The van der Waals surface area contributed by atoms with Crippen molar-refractivity contribution in [3.05, 3.63) is 0 Å². The van der Waals surface area contributed by atoms with Crippen LogP contribution in [0.15, 0.2) is 0 Å². The standard InChI is InChI=1S/C11H21N3/c1-9(2)14(4)10-5-6-11(7-10,8-12)13-3/h9-10,13H,5-7H2,1-4H3. The van der Waals surface area contributed by atoms with Gasteiger partial charge in [-0.1, -0.05) is 0 Å². The van der Waals surface area contributed by atoms with Crippen LogP contribution in [0.25, 0.3) is 0 Å². The fraction of sp³-hybridized carbons (Fsp3) is 0.909. The summed E-state index contributed by atoms with van der Waals surface area (Å²) < 4.78 is 0. The molecule has 1 saturated carbocycles. The maximum atomic E-state index is 9.12. The first-order valence-corrected chi connectivity index (χ1v) is 5.37. The highest BCUT2D eigenvalue weighted by molar-refractivity contribution is 5.12. The zero-order valence-corrected chi connectivity index (χ0v) is 9.67. The molecule has 1 rings (SSSR count). The number of nitrogens with one attached hydrogen (secondary N) is 1. The van der Waals surface area contributed by atoms with Crippen LogP contribution in [0.2, 0.25) is 0 Å². The quantitative estimate of drug-likeness (QED) is 0.739. The van der Waals surface area contributed by atoms with E-state index in [1.807, 2.05) is 7.05 Å². The summed E-state index contributed by atoms with van der Waals surface area (Å²) in [5, 5.41) is 12.3. The first-order valence-electron chi connectivity index (χ1n) is 5.37. The van der Waals surface area contributed by atoms with E-state index in [0.29, 0.717) is 12.1 Å². The van der Waals surface area contributed by atoms with Gasteiger partial charge in [-0.05, 0) is 47.2 Å². The molecule has 0 aromatic rings. The van der Waals surface area contributed by atoms with E-state index in [1.165, 1.54) is 0 Å². The fourth-order valence-electron chi connectivity index (χ4n) is 2.17. The van der Waals surface area contributed by atoms with Gasteiger partial charge in [-0.15, -0.1) is 0 Å². The molecule has 2 atom stereocenters. The minimum Gasteiger partial charge on any atom is -0.302 e. The van der Waals surface area contributed by atoms with Crippen molar-refractivity contribution in [2.45, 2.75) is 50.7 Å². The Hall–Kier alpha value is -0.590. The molecule has 0 aliphatic heterocycles. The van der Waals surface area contributed by atoms with Crippen LogP contribution >= 0.6 is 0 Å². The number of nitriles is 1. The molecule has 0 saturated heterocycles. The van der Waals surface area contributed by atoms with Gasteiger partial charge in [0, 0.05) is 12.1 Å². The van der Waals surface area contributed by atoms with E-state index in [0.717, 1.165) is 19.3 Å². The van der Waals surface area contributed by atoms with Crippen LogP contribution < -0.4 is 5.32 Å². The van der Waals surface area contributed by atoms with Gasteiger partial charge in [0.2, 0.25) is 0 Å². The minimum absolute atomic E-state index is 0.270. The van der Waals surface area contributed by atoms with Crippen molar-refractivity contribution >= 4 is 0 Å². The SMILES string of the molecule is CNC1(C#N)CCC(N(C)C(C)C)C1. The van der Waals surface area contributed by atoms with Crippen molar-refractivity contribution in [1.82, 2.24) is 10.2 Å². The zero-order chi connectivity index (χ0) is 10.8. The first-order chi connectivity index (χ1) is 6.54. The molecule has 0 bridgehead atoms. The topological polar surface area (TPSA) is 39.1 Å². The Kier molecular flexibility index (Phi) is 3.52. The van der Waals surface area contributed by atoms with Crippen LogP contribution in [0, 0.1) is 11.3 Å². The van der Waals surface area contributed by atoms with Crippen LogP contribution in [0.1, 0.15) is 33.1 Å². The summed E-state index contributed by atoms with van der Waals surface area (Å²) in [7, 11) is 4.04. The highest BCUT2D eigenvalue weighted by atomic mass is 15.2. The molecular weight excluding hydrogens is 174 g/mol. The van der Waals surface area contributed by atoms with E-state index >= 15 is 0 Å². The van der Waals surface area contributed by atoms with E-state index < -0.39 is 0 Å². The lowest BCUT2D eigenvalue weighted by Gasteiger charge is -2.29. The lowest BCUT2D eigenvalue weighted by molar-refractivity contribution is 0.192. The van der Waals surface area contributed by atoms with Gasteiger partial charge in [0.1, 0.15) is 5.54 Å².